The van der Waals surface area contributed by atoms with Crippen LogP contribution in [0.25, 0.3) is 0 Å². The summed E-state index contributed by atoms with van der Waals surface area (Å²) in [6.07, 6.45) is 11.0. The predicted molar refractivity (Wildman–Crippen MR) is 87.5 cm³/mol. The second-order valence-electron chi connectivity index (χ2n) is 6.21. The summed E-state index contributed by atoms with van der Waals surface area (Å²) >= 11 is 0. The molecule has 0 radical (unpaired) electrons. The maximum Gasteiger partial charge on any atom is 0.0756 e. The van der Waals surface area contributed by atoms with Crippen LogP contribution in [-0.2, 0) is 17.6 Å². The first-order valence-corrected chi connectivity index (χ1v) is 8.42. The molecule has 1 aliphatic rings. The van der Waals surface area contributed by atoms with Crippen LogP contribution in [0.3, 0.4) is 0 Å². The Morgan fingerprint density at radius 3 is 2.57 bits per heavy atom. The zero-order chi connectivity index (χ0) is 15.1. The minimum absolute atomic E-state index is 0.294. The SMILES string of the molecule is CCc1ccc(CC(NC)C(OC)C2CCCCC2)nc1. The van der Waals surface area contributed by atoms with E-state index >= 15 is 0 Å². The Morgan fingerprint density at radius 2 is 2.05 bits per heavy atom. The van der Waals surface area contributed by atoms with Crippen molar-refractivity contribution >= 4 is 0 Å². The average Bonchev–Trinajstić information content (AvgIpc) is 2.56. The summed E-state index contributed by atoms with van der Waals surface area (Å²) in [7, 11) is 3.90. The fourth-order valence-corrected chi connectivity index (χ4v) is 3.54. The molecule has 0 bridgehead atoms. The molecule has 3 heteroatoms. The highest BCUT2D eigenvalue weighted by molar-refractivity contribution is 5.15. The summed E-state index contributed by atoms with van der Waals surface area (Å²) in [5, 5.41) is 3.46. The molecular formula is C18H30N2O. The van der Waals surface area contributed by atoms with Gasteiger partial charge in [0.05, 0.1) is 6.10 Å². The van der Waals surface area contributed by atoms with Crippen molar-refractivity contribution in [3.05, 3.63) is 29.6 Å². The number of aromatic nitrogens is 1. The second kappa shape index (κ2) is 8.50. The van der Waals surface area contributed by atoms with Gasteiger partial charge in [0.1, 0.15) is 0 Å². The van der Waals surface area contributed by atoms with Gasteiger partial charge in [-0.15, -0.1) is 0 Å². The number of aryl methyl sites for hydroxylation is 1. The average molecular weight is 290 g/mol. The Bertz CT molecular complexity index is 398. The highest BCUT2D eigenvalue weighted by Gasteiger charge is 2.30. The molecule has 2 unspecified atom stereocenters. The molecule has 1 aromatic rings. The highest BCUT2D eigenvalue weighted by atomic mass is 16.5. The number of nitrogens with zero attached hydrogens (tertiary/aromatic N) is 1. The molecule has 1 N–H and O–H groups in total. The van der Waals surface area contributed by atoms with Crippen molar-refractivity contribution in [1.29, 1.82) is 0 Å². The number of hydrogen-bond acceptors (Lipinski definition) is 3. The minimum Gasteiger partial charge on any atom is -0.380 e. The van der Waals surface area contributed by atoms with Gasteiger partial charge in [0.15, 0.2) is 0 Å². The van der Waals surface area contributed by atoms with Crippen LogP contribution < -0.4 is 5.32 Å². The van der Waals surface area contributed by atoms with Crippen molar-refractivity contribution in [2.24, 2.45) is 5.92 Å². The van der Waals surface area contributed by atoms with E-state index < -0.39 is 0 Å². The highest BCUT2D eigenvalue weighted by Crippen LogP contribution is 2.30. The molecule has 118 valence electrons. The molecule has 1 aromatic heterocycles. The Hall–Kier alpha value is -0.930. The van der Waals surface area contributed by atoms with E-state index in [1.165, 1.54) is 37.7 Å². The van der Waals surface area contributed by atoms with E-state index in [1.807, 2.05) is 20.4 Å². The zero-order valence-corrected chi connectivity index (χ0v) is 13.8. The molecule has 0 amide bonds. The maximum atomic E-state index is 5.87. The third-order valence-electron chi connectivity index (χ3n) is 4.88. The summed E-state index contributed by atoms with van der Waals surface area (Å²) in [6.45, 7) is 2.16. The Morgan fingerprint density at radius 1 is 1.29 bits per heavy atom. The van der Waals surface area contributed by atoms with E-state index in [-0.39, 0.29) is 0 Å². The quantitative estimate of drug-likeness (QED) is 0.836. The van der Waals surface area contributed by atoms with Crippen LogP contribution in [0.4, 0.5) is 0 Å². The molecule has 0 spiro atoms. The lowest BCUT2D eigenvalue weighted by molar-refractivity contribution is 0.00993. The first-order chi connectivity index (χ1) is 10.3. The van der Waals surface area contributed by atoms with E-state index in [2.05, 4.69) is 29.4 Å². The van der Waals surface area contributed by atoms with Crippen LogP contribution >= 0.6 is 0 Å². The molecule has 1 saturated carbocycles. The fourth-order valence-electron chi connectivity index (χ4n) is 3.54. The van der Waals surface area contributed by atoms with Crippen LogP contribution in [0, 0.1) is 5.92 Å². The smallest absolute Gasteiger partial charge is 0.0756 e. The van der Waals surface area contributed by atoms with E-state index in [0.717, 1.165) is 18.5 Å². The van der Waals surface area contributed by atoms with Gasteiger partial charge in [-0.25, -0.2) is 0 Å². The first-order valence-electron chi connectivity index (χ1n) is 8.42. The van der Waals surface area contributed by atoms with E-state index in [0.29, 0.717) is 18.1 Å². The van der Waals surface area contributed by atoms with Crippen LogP contribution in [0.1, 0.15) is 50.3 Å². The van der Waals surface area contributed by atoms with Gasteiger partial charge in [-0.3, -0.25) is 4.98 Å². The lowest BCUT2D eigenvalue weighted by Gasteiger charge is -2.34. The lowest BCUT2D eigenvalue weighted by atomic mass is 9.81. The van der Waals surface area contributed by atoms with Gasteiger partial charge in [-0.05, 0) is 43.9 Å². The van der Waals surface area contributed by atoms with Gasteiger partial charge in [0.2, 0.25) is 0 Å². The number of ether oxygens (including phenoxy) is 1. The lowest BCUT2D eigenvalue weighted by Crippen LogP contribution is -2.45. The number of methoxy groups -OCH3 is 1. The number of hydrogen-bond donors (Lipinski definition) is 1. The molecule has 1 heterocycles. The van der Waals surface area contributed by atoms with Gasteiger partial charge in [-0.1, -0.05) is 32.3 Å². The van der Waals surface area contributed by atoms with Crippen molar-refractivity contribution in [2.75, 3.05) is 14.2 Å². The largest absolute Gasteiger partial charge is 0.380 e. The normalized spacial score (nSPS) is 19.4. The van der Waals surface area contributed by atoms with Crippen LogP contribution in [0.2, 0.25) is 0 Å². The van der Waals surface area contributed by atoms with Gasteiger partial charge in [-0.2, -0.15) is 0 Å². The summed E-state index contributed by atoms with van der Waals surface area (Å²) in [4.78, 5) is 4.60. The number of likely N-dealkylation sites (N-methyl/N-ethyl adjacent to an activating group) is 1. The third kappa shape index (κ3) is 4.52. The Balaban J connectivity index is 2.01. The second-order valence-corrected chi connectivity index (χ2v) is 6.21. The Labute approximate surface area is 129 Å². The molecule has 1 aliphatic carbocycles. The molecule has 2 atom stereocenters. The minimum atomic E-state index is 0.294. The molecule has 3 nitrogen and oxygen atoms in total. The van der Waals surface area contributed by atoms with Crippen LogP contribution in [-0.4, -0.2) is 31.3 Å². The molecule has 0 aliphatic heterocycles. The van der Waals surface area contributed by atoms with Crippen molar-refractivity contribution in [3.63, 3.8) is 0 Å². The van der Waals surface area contributed by atoms with Crippen molar-refractivity contribution in [2.45, 2.75) is 64.0 Å². The van der Waals surface area contributed by atoms with E-state index in [4.69, 9.17) is 4.74 Å². The monoisotopic (exact) mass is 290 g/mol. The van der Waals surface area contributed by atoms with Crippen LogP contribution in [0.5, 0.6) is 0 Å². The number of rotatable bonds is 7. The summed E-state index contributed by atoms with van der Waals surface area (Å²) in [5.74, 6) is 0.691. The summed E-state index contributed by atoms with van der Waals surface area (Å²) in [5.41, 5.74) is 2.46. The maximum absolute atomic E-state index is 5.87. The van der Waals surface area contributed by atoms with Crippen molar-refractivity contribution in [1.82, 2.24) is 10.3 Å². The molecule has 21 heavy (non-hydrogen) atoms. The molecule has 1 fully saturated rings. The van der Waals surface area contributed by atoms with E-state index in [9.17, 15) is 0 Å². The molecule has 0 saturated heterocycles. The standard InChI is InChI=1S/C18H30N2O/c1-4-14-10-11-16(20-13-14)12-17(19-2)18(21-3)15-8-6-5-7-9-15/h10-11,13,15,17-19H,4-9,12H2,1-3H3. The van der Waals surface area contributed by atoms with Crippen LogP contribution in [0.15, 0.2) is 18.3 Å². The van der Waals surface area contributed by atoms with Gasteiger partial charge >= 0.3 is 0 Å². The predicted octanol–water partition coefficient (Wildman–Crippen LogP) is 3.37. The topological polar surface area (TPSA) is 34.1 Å². The summed E-state index contributed by atoms with van der Waals surface area (Å²) < 4.78 is 5.87. The molecule has 0 aromatic carbocycles. The Kier molecular flexibility index (Phi) is 6.65. The van der Waals surface area contributed by atoms with Gasteiger partial charge in [0, 0.05) is 31.5 Å². The summed E-state index contributed by atoms with van der Waals surface area (Å²) in [6, 6.07) is 4.70. The fraction of sp³-hybridized carbons (Fsp3) is 0.722. The van der Waals surface area contributed by atoms with Gasteiger partial charge in [0.25, 0.3) is 0 Å². The number of nitrogens with one attached hydrogen (secondary N) is 1. The first kappa shape index (κ1) is 16.4. The molecule has 2 rings (SSSR count). The van der Waals surface area contributed by atoms with Gasteiger partial charge < -0.3 is 10.1 Å². The van der Waals surface area contributed by atoms with Crippen molar-refractivity contribution in [3.8, 4) is 0 Å². The zero-order valence-electron chi connectivity index (χ0n) is 13.8. The van der Waals surface area contributed by atoms with Crippen molar-refractivity contribution < 1.29 is 4.74 Å². The third-order valence-corrected chi connectivity index (χ3v) is 4.88. The van der Waals surface area contributed by atoms with E-state index in [1.54, 1.807) is 0 Å². The number of pyridine rings is 1. The molecular weight excluding hydrogens is 260 g/mol.